The normalized spacial score (nSPS) is 19.1. The van der Waals surface area contributed by atoms with E-state index in [9.17, 15) is 0 Å². The van der Waals surface area contributed by atoms with Crippen LogP contribution >= 0.6 is 0 Å². The van der Waals surface area contributed by atoms with Gasteiger partial charge in [-0.1, -0.05) is 19.8 Å². The molecule has 0 bridgehead atoms. The monoisotopic (exact) mass is 222 g/mol. The molecule has 1 atom stereocenters. The van der Waals surface area contributed by atoms with Crippen LogP contribution in [0.1, 0.15) is 19.8 Å². The van der Waals surface area contributed by atoms with Crippen molar-refractivity contribution in [3.63, 3.8) is 0 Å². The van der Waals surface area contributed by atoms with Gasteiger partial charge in [-0.15, -0.1) is 0 Å². The molecule has 1 N–H and O–H groups in total. The molecule has 0 saturated carbocycles. The summed E-state index contributed by atoms with van der Waals surface area (Å²) in [5.74, 6) is 0. The van der Waals surface area contributed by atoms with E-state index in [4.69, 9.17) is 14.0 Å². The second-order valence-corrected chi connectivity index (χ2v) is 5.56. The van der Waals surface area contributed by atoms with Crippen molar-refractivity contribution in [2.75, 3.05) is 27.4 Å². The first-order chi connectivity index (χ1) is 6.78. The Hall–Kier alpha value is 0.0569. The average Bonchev–Trinajstić information content (AvgIpc) is 3.04. The first-order valence-electron chi connectivity index (χ1n) is 5.06. The van der Waals surface area contributed by atoms with Crippen LogP contribution < -0.4 is 0 Å². The average molecular weight is 222 g/mol. The molecule has 1 saturated heterocycles. The molecule has 0 radical (unpaired) electrons. The van der Waals surface area contributed by atoms with E-state index in [1.807, 2.05) is 0 Å². The molecule has 14 heavy (non-hydrogen) atoms. The van der Waals surface area contributed by atoms with Gasteiger partial charge in [0.1, 0.15) is 6.10 Å². The minimum Gasteiger partial charge on any atom is -0.400 e. The standard InChI is InChI=1S/C6H16O2Si.C3H6O2/c1-4-5-6-9(7-2)8-3;4-1-3-2-5-3/h9H,4-6H2,1-3H3;3-4H,1-2H2. The Balaban J connectivity index is 0.000000280. The summed E-state index contributed by atoms with van der Waals surface area (Å²) >= 11 is 0. The first kappa shape index (κ1) is 14.1. The number of aliphatic hydroxyl groups is 1. The molecule has 1 unspecified atom stereocenters. The Morgan fingerprint density at radius 3 is 2.21 bits per heavy atom. The molecule has 0 aliphatic carbocycles. The molecule has 1 fully saturated rings. The molecule has 0 amide bonds. The van der Waals surface area contributed by atoms with Crippen LogP contribution in [0.3, 0.4) is 0 Å². The van der Waals surface area contributed by atoms with Gasteiger partial charge in [-0.3, -0.25) is 0 Å². The summed E-state index contributed by atoms with van der Waals surface area (Å²) in [4.78, 5) is 0. The lowest BCUT2D eigenvalue weighted by molar-refractivity contribution is 0.244. The minimum atomic E-state index is -1.21. The van der Waals surface area contributed by atoms with Crippen molar-refractivity contribution in [3.05, 3.63) is 0 Å². The Bertz CT molecular complexity index is 115. The molecular weight excluding hydrogens is 200 g/mol. The molecule has 5 heteroatoms. The molecule has 0 aromatic carbocycles. The minimum absolute atomic E-state index is 0.190. The van der Waals surface area contributed by atoms with Crippen LogP contribution in [-0.2, 0) is 13.6 Å². The number of hydrogen-bond donors (Lipinski definition) is 1. The van der Waals surface area contributed by atoms with E-state index >= 15 is 0 Å². The maximum atomic E-state index is 8.08. The molecular formula is C9H22O4Si. The zero-order valence-corrected chi connectivity index (χ0v) is 10.5. The lowest BCUT2D eigenvalue weighted by atomic mass is 10.4. The van der Waals surface area contributed by atoms with Gasteiger partial charge in [-0.2, -0.15) is 0 Å². The van der Waals surface area contributed by atoms with Crippen LogP contribution in [0.15, 0.2) is 0 Å². The third-order valence-electron chi connectivity index (χ3n) is 1.93. The maximum absolute atomic E-state index is 8.08. The SMILES string of the molecule is CCCC[SiH](OC)OC.OCC1CO1. The van der Waals surface area contributed by atoms with Crippen molar-refractivity contribution < 1.29 is 18.7 Å². The largest absolute Gasteiger partial charge is 0.400 e. The quantitative estimate of drug-likeness (QED) is 0.530. The van der Waals surface area contributed by atoms with E-state index in [0.717, 1.165) is 12.7 Å². The van der Waals surface area contributed by atoms with Crippen molar-refractivity contribution in [3.8, 4) is 0 Å². The first-order valence-corrected chi connectivity index (χ1v) is 6.82. The van der Waals surface area contributed by atoms with E-state index in [1.54, 1.807) is 14.2 Å². The van der Waals surface area contributed by atoms with Crippen molar-refractivity contribution in [1.82, 2.24) is 0 Å². The van der Waals surface area contributed by atoms with Crippen LogP contribution in [0.4, 0.5) is 0 Å². The molecule has 1 aliphatic rings. The third-order valence-corrected chi connectivity index (χ3v) is 3.86. The summed E-state index contributed by atoms with van der Waals surface area (Å²) in [6.07, 6.45) is 2.66. The summed E-state index contributed by atoms with van der Waals surface area (Å²) in [5.41, 5.74) is 0. The van der Waals surface area contributed by atoms with Crippen molar-refractivity contribution in [2.24, 2.45) is 0 Å². The third kappa shape index (κ3) is 8.65. The number of rotatable bonds is 6. The summed E-state index contributed by atoms with van der Waals surface area (Å²) in [6.45, 7) is 3.13. The second kappa shape index (κ2) is 9.61. The molecule has 1 rings (SSSR count). The maximum Gasteiger partial charge on any atom is 0.320 e. The van der Waals surface area contributed by atoms with Gasteiger partial charge < -0.3 is 18.7 Å². The van der Waals surface area contributed by atoms with Crippen LogP contribution in [0.25, 0.3) is 0 Å². The van der Waals surface area contributed by atoms with Gasteiger partial charge in [0, 0.05) is 14.2 Å². The van der Waals surface area contributed by atoms with Crippen molar-refractivity contribution >= 4 is 9.28 Å². The van der Waals surface area contributed by atoms with Crippen LogP contribution in [0.2, 0.25) is 6.04 Å². The number of unbranched alkanes of at least 4 members (excludes halogenated alkanes) is 1. The Morgan fingerprint density at radius 1 is 1.43 bits per heavy atom. The molecule has 1 heterocycles. The van der Waals surface area contributed by atoms with E-state index in [2.05, 4.69) is 11.7 Å². The summed E-state index contributed by atoms with van der Waals surface area (Å²) in [7, 11) is 2.25. The van der Waals surface area contributed by atoms with E-state index in [0.29, 0.717) is 0 Å². The zero-order valence-electron chi connectivity index (χ0n) is 9.36. The summed E-state index contributed by atoms with van der Waals surface area (Å²) < 4.78 is 14.8. The van der Waals surface area contributed by atoms with Gasteiger partial charge >= 0.3 is 9.28 Å². The fraction of sp³-hybridized carbons (Fsp3) is 1.00. The highest BCUT2D eigenvalue weighted by molar-refractivity contribution is 6.44. The van der Waals surface area contributed by atoms with E-state index in [-0.39, 0.29) is 12.7 Å². The molecule has 1 aliphatic heterocycles. The Labute approximate surface area is 88.0 Å². The highest BCUT2D eigenvalue weighted by Crippen LogP contribution is 2.05. The second-order valence-electron chi connectivity index (χ2n) is 3.18. The van der Waals surface area contributed by atoms with Crippen LogP contribution in [0, 0.1) is 0 Å². The highest BCUT2D eigenvalue weighted by atomic mass is 28.3. The van der Waals surface area contributed by atoms with Crippen molar-refractivity contribution in [1.29, 1.82) is 0 Å². The number of hydrogen-bond acceptors (Lipinski definition) is 4. The molecule has 4 nitrogen and oxygen atoms in total. The van der Waals surface area contributed by atoms with Crippen LogP contribution in [-0.4, -0.2) is 47.9 Å². The van der Waals surface area contributed by atoms with Gasteiger partial charge in [-0.05, 0) is 6.04 Å². The molecule has 86 valence electrons. The Morgan fingerprint density at radius 2 is 2.00 bits per heavy atom. The number of ether oxygens (including phenoxy) is 1. The summed E-state index contributed by atoms with van der Waals surface area (Å²) in [5, 5.41) is 8.08. The van der Waals surface area contributed by atoms with Gasteiger partial charge in [-0.25, -0.2) is 0 Å². The molecule has 0 aromatic heterocycles. The molecule has 0 spiro atoms. The fourth-order valence-electron chi connectivity index (χ4n) is 0.876. The predicted molar refractivity (Wildman–Crippen MR) is 57.7 cm³/mol. The zero-order chi connectivity index (χ0) is 10.8. The van der Waals surface area contributed by atoms with Crippen molar-refractivity contribution in [2.45, 2.75) is 31.9 Å². The van der Waals surface area contributed by atoms with Gasteiger partial charge in [0.05, 0.1) is 13.2 Å². The number of epoxide rings is 1. The summed E-state index contributed by atoms with van der Waals surface area (Å²) in [6, 6.07) is 1.14. The fourth-order valence-corrected chi connectivity index (χ4v) is 2.28. The lowest BCUT2D eigenvalue weighted by Crippen LogP contribution is -2.18. The lowest BCUT2D eigenvalue weighted by Gasteiger charge is -2.08. The number of aliphatic hydroxyl groups excluding tert-OH is 1. The van der Waals surface area contributed by atoms with Crippen LogP contribution in [0.5, 0.6) is 0 Å². The topological polar surface area (TPSA) is 51.2 Å². The molecule has 0 aromatic rings. The highest BCUT2D eigenvalue weighted by Gasteiger charge is 2.19. The predicted octanol–water partition coefficient (Wildman–Crippen LogP) is 0.677. The van der Waals surface area contributed by atoms with E-state index in [1.165, 1.54) is 12.8 Å². The van der Waals surface area contributed by atoms with Gasteiger partial charge in [0.15, 0.2) is 0 Å². The van der Waals surface area contributed by atoms with E-state index < -0.39 is 9.28 Å². The Kier molecular flexibility index (Phi) is 9.64. The smallest absolute Gasteiger partial charge is 0.320 e. The van der Waals surface area contributed by atoms with Gasteiger partial charge in [0.25, 0.3) is 0 Å². The van der Waals surface area contributed by atoms with Gasteiger partial charge in [0.2, 0.25) is 0 Å².